The van der Waals surface area contributed by atoms with Crippen molar-refractivity contribution in [1.29, 1.82) is 0 Å². The maximum Gasteiger partial charge on any atom is 0.225 e. The molecular formula is C24H20FN6+. The van der Waals surface area contributed by atoms with E-state index in [0.717, 1.165) is 36.0 Å². The minimum absolute atomic E-state index is 0.204. The molecule has 2 aliphatic heterocycles. The van der Waals surface area contributed by atoms with Gasteiger partial charge in [0.05, 0.1) is 36.0 Å². The Bertz CT molecular complexity index is 1290. The summed E-state index contributed by atoms with van der Waals surface area (Å²) in [7, 11) is 0. The molecule has 1 saturated carbocycles. The number of fused-ring (bicyclic) bond motifs is 2. The Morgan fingerprint density at radius 1 is 1.00 bits per heavy atom. The number of rotatable bonds is 4. The molecule has 1 fully saturated rings. The number of aromatic nitrogens is 2. The van der Waals surface area contributed by atoms with Crippen LogP contribution in [-0.2, 0) is 0 Å². The highest BCUT2D eigenvalue weighted by Gasteiger charge is 2.47. The van der Waals surface area contributed by atoms with E-state index >= 15 is 4.39 Å². The molecule has 2 aromatic heterocycles. The first-order valence-corrected chi connectivity index (χ1v) is 10.4. The number of quaternary nitrogens is 1. The molecule has 1 unspecified atom stereocenters. The number of aliphatic imine (C=N–C) groups is 2. The summed E-state index contributed by atoms with van der Waals surface area (Å²) in [5.41, 5.74) is 3.13. The van der Waals surface area contributed by atoms with Crippen LogP contribution in [0.15, 0.2) is 82.9 Å². The summed E-state index contributed by atoms with van der Waals surface area (Å²) >= 11 is 0. The Hall–Kier alpha value is -3.71. The van der Waals surface area contributed by atoms with Crippen molar-refractivity contribution >= 4 is 29.1 Å². The Kier molecular flexibility index (Phi) is 4.04. The molecule has 6 nitrogen and oxygen atoms in total. The van der Waals surface area contributed by atoms with E-state index in [-0.39, 0.29) is 16.5 Å². The predicted octanol–water partition coefficient (Wildman–Crippen LogP) is 4.97. The second kappa shape index (κ2) is 6.92. The molecule has 0 spiro atoms. The SMILES string of the molecule is Fc1c(N(C2CCC2)[N+]23C=CN=CC2=CN=C3)ccc2ccc(-c3ccccn3)nc12. The number of nitrogens with zero attached hydrogens (tertiary/aromatic N) is 6. The van der Waals surface area contributed by atoms with Crippen molar-refractivity contribution in [3.8, 4) is 11.4 Å². The van der Waals surface area contributed by atoms with Crippen LogP contribution in [0.3, 0.4) is 0 Å². The van der Waals surface area contributed by atoms with Gasteiger partial charge in [-0.15, -0.1) is 4.59 Å². The van der Waals surface area contributed by atoms with Crippen LogP contribution >= 0.6 is 0 Å². The molecule has 0 radical (unpaired) electrons. The second-order valence-electron chi connectivity index (χ2n) is 7.94. The van der Waals surface area contributed by atoms with Crippen molar-refractivity contribution in [3.63, 3.8) is 0 Å². The zero-order valence-corrected chi connectivity index (χ0v) is 16.8. The first kappa shape index (κ1) is 18.1. The number of allylic oxidation sites excluding steroid dienone is 1. The van der Waals surface area contributed by atoms with E-state index in [4.69, 9.17) is 0 Å². The molecule has 0 amide bonds. The monoisotopic (exact) mass is 411 g/mol. The summed E-state index contributed by atoms with van der Waals surface area (Å²) in [6.45, 7) is 0. The molecule has 0 saturated heterocycles. The topological polar surface area (TPSA) is 53.7 Å². The lowest BCUT2D eigenvalue weighted by Gasteiger charge is -2.46. The Morgan fingerprint density at radius 3 is 2.71 bits per heavy atom. The zero-order chi connectivity index (χ0) is 20.8. The van der Waals surface area contributed by atoms with E-state index in [1.807, 2.05) is 55.0 Å². The highest BCUT2D eigenvalue weighted by molar-refractivity contribution is 5.86. The Labute approximate surface area is 179 Å². The van der Waals surface area contributed by atoms with Crippen molar-refractivity contribution in [1.82, 2.24) is 9.97 Å². The molecule has 31 heavy (non-hydrogen) atoms. The van der Waals surface area contributed by atoms with E-state index in [1.54, 1.807) is 24.8 Å². The van der Waals surface area contributed by atoms with Crippen LogP contribution in [0.2, 0.25) is 0 Å². The van der Waals surface area contributed by atoms with Gasteiger partial charge in [0.1, 0.15) is 11.2 Å². The summed E-state index contributed by atoms with van der Waals surface area (Å²) in [5.74, 6) is -0.328. The second-order valence-corrected chi connectivity index (χ2v) is 7.94. The molecule has 4 heterocycles. The van der Waals surface area contributed by atoms with Gasteiger partial charge in [0.2, 0.25) is 12.0 Å². The van der Waals surface area contributed by atoms with Gasteiger partial charge in [-0.1, -0.05) is 18.2 Å². The van der Waals surface area contributed by atoms with Gasteiger partial charge in [-0.2, -0.15) is 0 Å². The number of anilines is 1. The summed E-state index contributed by atoms with van der Waals surface area (Å²) in [4.78, 5) is 17.7. The summed E-state index contributed by atoms with van der Waals surface area (Å²) in [6, 6.07) is 13.4. The highest BCUT2D eigenvalue weighted by Crippen LogP contribution is 2.41. The number of hydrogen-bond acceptors (Lipinski definition) is 5. The van der Waals surface area contributed by atoms with Gasteiger partial charge in [0.15, 0.2) is 12.0 Å². The van der Waals surface area contributed by atoms with E-state index < -0.39 is 0 Å². The fourth-order valence-corrected chi connectivity index (χ4v) is 4.39. The van der Waals surface area contributed by atoms with Crippen LogP contribution in [0, 0.1) is 5.82 Å². The van der Waals surface area contributed by atoms with E-state index in [1.165, 1.54) is 0 Å². The first-order chi connectivity index (χ1) is 15.3. The van der Waals surface area contributed by atoms with Crippen LogP contribution in [0.1, 0.15) is 19.3 Å². The predicted molar refractivity (Wildman–Crippen MR) is 120 cm³/mol. The smallest absolute Gasteiger partial charge is 0.225 e. The van der Waals surface area contributed by atoms with Crippen molar-refractivity contribution in [2.24, 2.45) is 9.98 Å². The average Bonchev–Trinajstić information content (AvgIpc) is 3.22. The molecule has 0 N–H and O–H groups in total. The molecule has 3 aliphatic rings. The first-order valence-electron chi connectivity index (χ1n) is 10.4. The zero-order valence-electron chi connectivity index (χ0n) is 16.8. The summed E-state index contributed by atoms with van der Waals surface area (Å²) < 4.78 is 16.3. The maximum atomic E-state index is 16.1. The van der Waals surface area contributed by atoms with E-state index in [9.17, 15) is 0 Å². The Balaban J connectivity index is 1.53. The van der Waals surface area contributed by atoms with Crippen LogP contribution in [0.5, 0.6) is 0 Å². The minimum Gasteiger partial charge on any atom is -0.255 e. The van der Waals surface area contributed by atoms with Crippen molar-refractivity contribution in [2.45, 2.75) is 25.3 Å². The molecule has 1 aromatic carbocycles. The lowest BCUT2D eigenvalue weighted by Crippen LogP contribution is -2.61. The molecule has 6 rings (SSSR count). The number of halogens is 1. The lowest BCUT2D eigenvalue weighted by atomic mass is 9.91. The van der Waals surface area contributed by atoms with Crippen molar-refractivity contribution in [3.05, 3.63) is 78.8 Å². The van der Waals surface area contributed by atoms with Crippen LogP contribution in [0.4, 0.5) is 10.1 Å². The molecule has 3 aromatic rings. The molecule has 152 valence electrons. The molecule has 1 atom stereocenters. The average molecular weight is 411 g/mol. The van der Waals surface area contributed by atoms with Gasteiger partial charge in [-0.25, -0.2) is 19.4 Å². The molecule has 1 aliphatic carbocycles. The summed E-state index contributed by atoms with van der Waals surface area (Å²) in [5, 5.41) is 2.87. The molecular weight excluding hydrogens is 391 g/mol. The molecule has 7 heteroatoms. The van der Waals surface area contributed by atoms with Gasteiger partial charge in [-0.05, 0) is 43.5 Å². The third kappa shape index (κ3) is 2.74. The number of benzene rings is 1. The van der Waals surface area contributed by atoms with Crippen LogP contribution in [0.25, 0.3) is 22.3 Å². The standard InChI is InChI=1S/C24H20FN6/c25-23-22(10-8-17-7-9-21(29-24(17)23)20-6-1-2-11-28-20)30(18-4-3-5-18)31-13-12-26-14-19(31)15-27-16-31/h1-2,6-16,18H,3-5H2/q+1. The van der Waals surface area contributed by atoms with E-state index in [2.05, 4.69) is 25.0 Å². The minimum atomic E-state index is -0.328. The van der Waals surface area contributed by atoms with Crippen molar-refractivity contribution < 1.29 is 8.98 Å². The van der Waals surface area contributed by atoms with Gasteiger partial charge in [0.25, 0.3) is 0 Å². The number of pyridine rings is 2. The fourth-order valence-electron chi connectivity index (χ4n) is 4.39. The van der Waals surface area contributed by atoms with Gasteiger partial charge in [-0.3, -0.25) is 9.98 Å². The van der Waals surface area contributed by atoms with Crippen LogP contribution < -0.4 is 5.01 Å². The highest BCUT2D eigenvalue weighted by atomic mass is 19.1. The molecule has 0 bridgehead atoms. The summed E-state index contributed by atoms with van der Waals surface area (Å²) in [6.07, 6.45) is 14.0. The lowest BCUT2D eigenvalue weighted by molar-refractivity contribution is -0.746. The van der Waals surface area contributed by atoms with Crippen molar-refractivity contribution in [2.75, 3.05) is 5.01 Å². The van der Waals surface area contributed by atoms with Crippen LogP contribution in [-0.4, -0.2) is 33.2 Å². The van der Waals surface area contributed by atoms with Gasteiger partial charge < -0.3 is 0 Å². The maximum absolute atomic E-state index is 16.1. The van der Waals surface area contributed by atoms with E-state index in [0.29, 0.717) is 16.9 Å². The third-order valence-corrected chi connectivity index (χ3v) is 6.18. The fraction of sp³-hybridized carbons (Fsp3) is 0.167. The normalized spacial score (nSPS) is 21.8. The van der Waals surface area contributed by atoms with Gasteiger partial charge in [0, 0.05) is 11.6 Å². The third-order valence-electron chi connectivity index (χ3n) is 6.18. The van der Waals surface area contributed by atoms with Gasteiger partial charge >= 0.3 is 0 Å². The Morgan fingerprint density at radius 2 is 1.90 bits per heavy atom. The quantitative estimate of drug-likeness (QED) is 0.570. The largest absolute Gasteiger partial charge is 0.255 e. The number of hydrogen-bond donors (Lipinski definition) is 0.